The highest BCUT2D eigenvalue weighted by Gasteiger charge is 2.10. The van der Waals surface area contributed by atoms with Crippen LogP contribution in [0.15, 0.2) is 31.7 Å². The Morgan fingerprint density at radius 3 is 2.68 bits per heavy atom. The Morgan fingerprint density at radius 2 is 2.11 bits per heavy atom. The lowest BCUT2D eigenvalue weighted by atomic mass is 10.4. The maximum atomic E-state index is 12.2. The predicted octanol–water partition coefficient (Wildman–Crippen LogP) is 1.87. The van der Waals surface area contributed by atoms with Gasteiger partial charge in [0.15, 0.2) is 0 Å². The van der Waals surface area contributed by atoms with Crippen LogP contribution in [0.25, 0.3) is 0 Å². The van der Waals surface area contributed by atoms with Crippen molar-refractivity contribution >= 4 is 33.0 Å². The van der Waals surface area contributed by atoms with Crippen molar-refractivity contribution < 1.29 is 0 Å². The highest BCUT2D eigenvalue weighted by Crippen LogP contribution is 2.22. The second-order valence-corrected chi connectivity index (χ2v) is 6.71. The quantitative estimate of drug-likeness (QED) is 0.921. The number of nitrogens with zero attached hydrogens (tertiary/aromatic N) is 2. The molecular formula is C12H14BrN3O2S. The Bertz CT molecular complexity index is 702. The lowest BCUT2D eigenvalue weighted by Crippen LogP contribution is -2.40. The fraction of sp³-hybridized carbons (Fsp3) is 0.333. The average molecular weight is 344 g/mol. The van der Waals surface area contributed by atoms with Crippen LogP contribution >= 0.6 is 27.3 Å². The molecule has 102 valence electrons. The second-order valence-electron chi connectivity index (χ2n) is 4.16. The van der Waals surface area contributed by atoms with Gasteiger partial charge in [-0.2, -0.15) is 0 Å². The number of rotatable bonds is 4. The number of aromatic nitrogens is 2. The molecule has 0 amide bonds. The molecule has 2 aromatic heterocycles. The van der Waals surface area contributed by atoms with Crippen molar-refractivity contribution in [3.8, 4) is 0 Å². The van der Waals surface area contributed by atoms with Gasteiger partial charge < -0.3 is 5.73 Å². The number of thiophene rings is 1. The molecule has 5 nitrogen and oxygen atoms in total. The van der Waals surface area contributed by atoms with Crippen LogP contribution < -0.4 is 17.0 Å². The van der Waals surface area contributed by atoms with Crippen LogP contribution in [0.3, 0.4) is 0 Å². The van der Waals surface area contributed by atoms with Gasteiger partial charge >= 0.3 is 5.69 Å². The van der Waals surface area contributed by atoms with Crippen LogP contribution in [0.1, 0.15) is 18.2 Å². The van der Waals surface area contributed by atoms with Crippen molar-refractivity contribution in [2.24, 2.45) is 0 Å². The fourth-order valence-corrected chi connectivity index (χ4v) is 3.28. The van der Waals surface area contributed by atoms with Gasteiger partial charge in [0.05, 0.1) is 10.3 Å². The molecular weight excluding hydrogens is 330 g/mol. The molecule has 0 spiro atoms. The first-order valence-corrected chi connectivity index (χ1v) is 7.48. The van der Waals surface area contributed by atoms with E-state index in [2.05, 4.69) is 15.9 Å². The van der Waals surface area contributed by atoms with E-state index in [-0.39, 0.29) is 17.9 Å². The van der Waals surface area contributed by atoms with Crippen LogP contribution in [0.4, 0.5) is 5.69 Å². The van der Waals surface area contributed by atoms with E-state index in [4.69, 9.17) is 5.73 Å². The summed E-state index contributed by atoms with van der Waals surface area (Å²) in [6, 6.07) is 3.77. The van der Waals surface area contributed by atoms with E-state index in [9.17, 15) is 9.59 Å². The van der Waals surface area contributed by atoms with Gasteiger partial charge in [-0.05, 0) is 34.5 Å². The first kappa shape index (κ1) is 14.1. The lowest BCUT2D eigenvalue weighted by Gasteiger charge is -2.09. The largest absolute Gasteiger partial charge is 0.393 e. The van der Waals surface area contributed by atoms with E-state index in [1.54, 1.807) is 0 Å². The second kappa shape index (κ2) is 5.75. The van der Waals surface area contributed by atoms with E-state index in [0.717, 1.165) is 15.1 Å². The average Bonchev–Trinajstić information content (AvgIpc) is 2.77. The Kier molecular flexibility index (Phi) is 4.26. The van der Waals surface area contributed by atoms with Gasteiger partial charge in [-0.1, -0.05) is 6.92 Å². The van der Waals surface area contributed by atoms with E-state index >= 15 is 0 Å². The van der Waals surface area contributed by atoms with Gasteiger partial charge in [-0.3, -0.25) is 13.9 Å². The molecule has 7 heteroatoms. The minimum absolute atomic E-state index is 0.101. The monoisotopic (exact) mass is 343 g/mol. The summed E-state index contributed by atoms with van der Waals surface area (Å²) in [4.78, 5) is 25.1. The highest BCUT2D eigenvalue weighted by molar-refractivity contribution is 9.11. The molecule has 0 saturated carbocycles. The maximum Gasteiger partial charge on any atom is 0.331 e. The van der Waals surface area contributed by atoms with Crippen LogP contribution in [-0.4, -0.2) is 9.13 Å². The highest BCUT2D eigenvalue weighted by atomic mass is 79.9. The molecule has 0 saturated heterocycles. The third kappa shape index (κ3) is 2.98. The summed E-state index contributed by atoms with van der Waals surface area (Å²) in [5.74, 6) is 0. The number of aryl methyl sites for hydroxylation is 1. The molecule has 19 heavy (non-hydrogen) atoms. The van der Waals surface area contributed by atoms with Crippen LogP contribution in [0.5, 0.6) is 0 Å². The maximum absolute atomic E-state index is 12.2. The molecule has 0 aliphatic heterocycles. The molecule has 0 atom stereocenters. The first-order valence-electron chi connectivity index (χ1n) is 5.87. The fourth-order valence-electron chi connectivity index (χ4n) is 1.81. The van der Waals surface area contributed by atoms with E-state index in [1.165, 1.54) is 26.7 Å². The standard InChI is InChI=1S/C12H14BrN3O2S/c1-2-5-15-7-9(14)11(17)16(12(15)18)6-8-3-4-10(13)19-8/h3-4,7H,2,5-6,14H2,1H3. The van der Waals surface area contributed by atoms with Crippen LogP contribution in [-0.2, 0) is 13.1 Å². The van der Waals surface area contributed by atoms with Gasteiger partial charge in [-0.25, -0.2) is 4.79 Å². The lowest BCUT2D eigenvalue weighted by molar-refractivity contribution is 0.575. The Balaban J connectivity index is 2.49. The first-order chi connectivity index (χ1) is 9.02. The molecule has 2 rings (SSSR count). The van der Waals surface area contributed by atoms with Gasteiger partial charge in [0.2, 0.25) is 0 Å². The van der Waals surface area contributed by atoms with E-state index in [0.29, 0.717) is 6.54 Å². The number of hydrogen-bond acceptors (Lipinski definition) is 4. The van der Waals surface area contributed by atoms with Gasteiger partial charge in [0.1, 0.15) is 5.69 Å². The summed E-state index contributed by atoms with van der Waals surface area (Å²) in [5.41, 5.74) is 5.04. The third-order valence-electron chi connectivity index (χ3n) is 2.67. The molecule has 2 heterocycles. The van der Waals surface area contributed by atoms with Gasteiger partial charge in [0.25, 0.3) is 5.56 Å². The van der Waals surface area contributed by atoms with Crippen molar-refractivity contribution in [3.05, 3.63) is 47.8 Å². The van der Waals surface area contributed by atoms with Crippen LogP contribution in [0.2, 0.25) is 0 Å². The third-order valence-corrected chi connectivity index (χ3v) is 4.28. The van der Waals surface area contributed by atoms with Crippen molar-refractivity contribution in [3.63, 3.8) is 0 Å². The Labute approximate surface area is 122 Å². The number of halogens is 1. The molecule has 0 aliphatic carbocycles. The topological polar surface area (TPSA) is 70.0 Å². The zero-order valence-electron chi connectivity index (χ0n) is 10.4. The predicted molar refractivity (Wildman–Crippen MR) is 80.8 cm³/mol. The zero-order valence-corrected chi connectivity index (χ0v) is 12.8. The SMILES string of the molecule is CCCn1cc(N)c(=O)n(Cc2ccc(Br)s2)c1=O. The van der Waals surface area contributed by atoms with Gasteiger partial charge in [-0.15, -0.1) is 11.3 Å². The summed E-state index contributed by atoms with van der Waals surface area (Å²) in [5, 5.41) is 0. The minimum Gasteiger partial charge on any atom is -0.393 e. The van der Waals surface area contributed by atoms with Gasteiger partial charge in [0, 0.05) is 17.6 Å². The molecule has 0 bridgehead atoms. The van der Waals surface area contributed by atoms with E-state index in [1.807, 2.05) is 19.1 Å². The van der Waals surface area contributed by atoms with Crippen molar-refractivity contribution in [1.29, 1.82) is 0 Å². The van der Waals surface area contributed by atoms with E-state index < -0.39 is 5.56 Å². The van der Waals surface area contributed by atoms with Crippen molar-refractivity contribution in [2.75, 3.05) is 5.73 Å². The summed E-state index contributed by atoms with van der Waals surface area (Å²) in [6.45, 7) is 2.77. The molecule has 0 aliphatic rings. The number of anilines is 1. The summed E-state index contributed by atoms with van der Waals surface area (Å²) in [6.07, 6.45) is 2.23. The minimum atomic E-state index is -0.429. The zero-order chi connectivity index (χ0) is 14.0. The Hall–Kier alpha value is -1.34. The van der Waals surface area contributed by atoms with Crippen LogP contribution in [0, 0.1) is 0 Å². The smallest absolute Gasteiger partial charge is 0.331 e. The molecule has 2 N–H and O–H groups in total. The molecule has 2 aromatic rings. The number of nitrogen functional groups attached to an aromatic ring is 1. The molecule has 0 fully saturated rings. The number of hydrogen-bond donors (Lipinski definition) is 1. The summed E-state index contributed by atoms with van der Waals surface area (Å²) >= 11 is 4.85. The molecule has 0 radical (unpaired) electrons. The molecule has 0 unspecified atom stereocenters. The Morgan fingerprint density at radius 1 is 1.37 bits per heavy atom. The normalized spacial score (nSPS) is 10.8. The number of nitrogens with two attached hydrogens (primary N) is 1. The molecule has 0 aromatic carbocycles. The summed E-state index contributed by atoms with van der Waals surface area (Å²) in [7, 11) is 0. The van der Waals surface area contributed by atoms with Crippen molar-refractivity contribution in [1.82, 2.24) is 9.13 Å². The van der Waals surface area contributed by atoms with Crippen molar-refractivity contribution in [2.45, 2.75) is 26.4 Å². The summed E-state index contributed by atoms with van der Waals surface area (Å²) < 4.78 is 3.64.